The van der Waals surface area contributed by atoms with Crippen LogP contribution in [0.3, 0.4) is 0 Å². The van der Waals surface area contributed by atoms with Crippen LogP contribution in [0.5, 0.6) is 0 Å². The van der Waals surface area contributed by atoms with E-state index in [2.05, 4.69) is 39.4 Å². The number of hydrogen-bond donors (Lipinski definition) is 1. The van der Waals surface area contributed by atoms with Gasteiger partial charge in [-0.25, -0.2) is 0 Å². The summed E-state index contributed by atoms with van der Waals surface area (Å²) in [7, 11) is 0. The second-order valence-electron chi connectivity index (χ2n) is 5.36. The van der Waals surface area contributed by atoms with Crippen molar-refractivity contribution in [2.24, 2.45) is 0 Å². The fourth-order valence-electron chi connectivity index (χ4n) is 2.66. The first-order valence-corrected chi connectivity index (χ1v) is 9.28. The molecular formula is C17H18BrNOS. The molecule has 1 heterocycles. The van der Waals surface area contributed by atoms with Gasteiger partial charge in [0.15, 0.2) is 0 Å². The van der Waals surface area contributed by atoms with Crippen LogP contribution < -0.4 is 5.32 Å². The molecule has 2 nitrogen and oxygen atoms in total. The fraction of sp³-hybridized carbons (Fsp3) is 0.353. The number of rotatable bonds is 4. The van der Waals surface area contributed by atoms with Crippen molar-refractivity contribution in [3.63, 3.8) is 0 Å². The zero-order valence-electron chi connectivity index (χ0n) is 11.8. The van der Waals surface area contributed by atoms with Gasteiger partial charge < -0.3 is 5.32 Å². The number of nitrogens with one attached hydrogen (secondary N) is 1. The average Bonchev–Trinajstić information content (AvgIpc) is 2.94. The van der Waals surface area contributed by atoms with Crippen molar-refractivity contribution in [3.8, 4) is 0 Å². The second kappa shape index (κ2) is 6.75. The maximum atomic E-state index is 12.3. The third kappa shape index (κ3) is 3.55. The summed E-state index contributed by atoms with van der Waals surface area (Å²) in [5, 5.41) is 3.95. The van der Waals surface area contributed by atoms with Gasteiger partial charge in [-0.3, -0.25) is 4.79 Å². The molecular weight excluding hydrogens is 346 g/mol. The van der Waals surface area contributed by atoms with E-state index in [1.165, 1.54) is 28.8 Å². The van der Waals surface area contributed by atoms with Crippen molar-refractivity contribution >= 4 is 38.9 Å². The van der Waals surface area contributed by atoms with Crippen LogP contribution in [-0.4, -0.2) is 11.2 Å². The summed E-state index contributed by atoms with van der Waals surface area (Å²) >= 11 is 5.09. The van der Waals surface area contributed by atoms with Crippen molar-refractivity contribution in [3.05, 3.63) is 51.2 Å². The predicted molar refractivity (Wildman–Crippen MR) is 92.9 cm³/mol. The van der Waals surface area contributed by atoms with Gasteiger partial charge >= 0.3 is 0 Å². The van der Waals surface area contributed by atoms with E-state index in [0.29, 0.717) is 0 Å². The van der Waals surface area contributed by atoms with Crippen LogP contribution in [0, 0.1) is 0 Å². The van der Waals surface area contributed by atoms with Crippen LogP contribution in [0.15, 0.2) is 30.3 Å². The Morgan fingerprint density at radius 2 is 1.95 bits per heavy atom. The maximum absolute atomic E-state index is 12.3. The number of fused-ring (bicyclic) bond motifs is 1. The molecule has 1 aliphatic carbocycles. The number of anilines is 1. The van der Waals surface area contributed by atoms with Crippen LogP contribution in [0.4, 0.5) is 5.69 Å². The summed E-state index contributed by atoms with van der Waals surface area (Å²) in [5.41, 5.74) is 3.52. The van der Waals surface area contributed by atoms with Gasteiger partial charge in [0, 0.05) is 15.9 Å². The number of halogens is 1. The summed E-state index contributed by atoms with van der Waals surface area (Å²) in [6.07, 6.45) is 5.77. The maximum Gasteiger partial charge on any atom is 0.265 e. The molecule has 0 radical (unpaired) electrons. The number of carbonyl (C=O) groups excluding carboxylic acids is 1. The van der Waals surface area contributed by atoms with E-state index in [0.717, 1.165) is 35.2 Å². The van der Waals surface area contributed by atoms with Crippen molar-refractivity contribution in [2.45, 2.75) is 32.1 Å². The third-order valence-electron chi connectivity index (χ3n) is 3.82. The minimum atomic E-state index is 0.0163. The first-order valence-electron chi connectivity index (χ1n) is 7.34. The van der Waals surface area contributed by atoms with Crippen LogP contribution in [0.2, 0.25) is 0 Å². The average molecular weight is 364 g/mol. The quantitative estimate of drug-likeness (QED) is 0.775. The third-order valence-corrected chi connectivity index (χ3v) is 5.45. The second-order valence-corrected chi connectivity index (χ2v) is 7.29. The Morgan fingerprint density at radius 1 is 1.19 bits per heavy atom. The van der Waals surface area contributed by atoms with E-state index in [1.54, 1.807) is 11.3 Å². The summed E-state index contributed by atoms with van der Waals surface area (Å²) in [6, 6.07) is 10.2. The molecule has 0 bridgehead atoms. The van der Waals surface area contributed by atoms with Crippen LogP contribution in [0.1, 0.15) is 38.5 Å². The lowest BCUT2D eigenvalue weighted by Gasteiger charge is -2.08. The van der Waals surface area contributed by atoms with Gasteiger partial charge in [-0.15, -0.1) is 11.3 Å². The van der Waals surface area contributed by atoms with Crippen molar-refractivity contribution in [2.75, 3.05) is 10.6 Å². The van der Waals surface area contributed by atoms with Gasteiger partial charge in [0.25, 0.3) is 5.91 Å². The minimum Gasteiger partial charge on any atom is -0.321 e. The van der Waals surface area contributed by atoms with Crippen LogP contribution >= 0.6 is 27.3 Å². The SMILES string of the molecule is O=C(Nc1ccc(CCBr)cc1)c1cc2c(s1)CCCC2. The molecule has 0 saturated heterocycles. The Morgan fingerprint density at radius 3 is 2.67 bits per heavy atom. The Bertz CT molecular complexity index is 609. The van der Waals surface area contributed by atoms with Crippen molar-refractivity contribution in [1.29, 1.82) is 0 Å². The summed E-state index contributed by atoms with van der Waals surface area (Å²) in [6.45, 7) is 0. The normalized spacial score (nSPS) is 13.8. The number of carbonyl (C=O) groups is 1. The van der Waals surface area contributed by atoms with Gasteiger partial charge in [0.1, 0.15) is 0 Å². The number of thiophene rings is 1. The van der Waals surface area contributed by atoms with Gasteiger partial charge in [0.2, 0.25) is 0 Å². The molecule has 0 unspecified atom stereocenters. The molecule has 3 rings (SSSR count). The lowest BCUT2D eigenvalue weighted by molar-refractivity contribution is 0.103. The minimum absolute atomic E-state index is 0.0163. The van der Waals surface area contributed by atoms with Crippen LogP contribution in [-0.2, 0) is 19.3 Å². The molecule has 0 fully saturated rings. The highest BCUT2D eigenvalue weighted by atomic mass is 79.9. The monoisotopic (exact) mass is 363 g/mol. The highest BCUT2D eigenvalue weighted by Gasteiger charge is 2.17. The first kappa shape index (κ1) is 14.8. The molecule has 1 aromatic heterocycles. The standard InChI is InChI=1S/C17H18BrNOS/c18-10-9-12-5-7-14(8-6-12)19-17(20)16-11-13-3-1-2-4-15(13)21-16/h5-8,11H,1-4,9-10H2,(H,19,20). The van der Waals surface area contributed by atoms with E-state index >= 15 is 0 Å². The topological polar surface area (TPSA) is 29.1 Å². The first-order chi connectivity index (χ1) is 10.3. The Labute approximate surface area is 137 Å². The highest BCUT2D eigenvalue weighted by Crippen LogP contribution is 2.30. The summed E-state index contributed by atoms with van der Waals surface area (Å²) in [5.74, 6) is 0.0163. The highest BCUT2D eigenvalue weighted by molar-refractivity contribution is 9.09. The molecule has 110 valence electrons. The largest absolute Gasteiger partial charge is 0.321 e. The summed E-state index contributed by atoms with van der Waals surface area (Å²) < 4.78 is 0. The number of benzene rings is 1. The van der Waals surface area contributed by atoms with Gasteiger partial charge in [0.05, 0.1) is 4.88 Å². The Kier molecular flexibility index (Phi) is 4.76. The molecule has 0 spiro atoms. The van der Waals surface area contributed by atoms with E-state index in [1.807, 2.05) is 12.1 Å². The van der Waals surface area contributed by atoms with E-state index in [9.17, 15) is 4.79 Å². The van der Waals surface area contributed by atoms with E-state index in [4.69, 9.17) is 0 Å². The Hall–Kier alpha value is -1.13. The van der Waals surface area contributed by atoms with E-state index in [-0.39, 0.29) is 5.91 Å². The molecule has 1 aromatic carbocycles. The lowest BCUT2D eigenvalue weighted by Crippen LogP contribution is -2.10. The predicted octanol–water partition coefficient (Wildman–Crippen LogP) is 4.82. The number of amides is 1. The molecule has 1 amide bonds. The molecule has 0 aliphatic heterocycles. The fourth-order valence-corrected chi connectivity index (χ4v) is 4.27. The van der Waals surface area contributed by atoms with Gasteiger partial charge in [-0.1, -0.05) is 28.1 Å². The molecule has 1 aliphatic rings. The number of hydrogen-bond acceptors (Lipinski definition) is 2. The van der Waals surface area contributed by atoms with Gasteiger partial charge in [-0.05, 0) is 61.4 Å². The van der Waals surface area contributed by atoms with Crippen molar-refractivity contribution in [1.82, 2.24) is 0 Å². The molecule has 21 heavy (non-hydrogen) atoms. The van der Waals surface area contributed by atoms with E-state index < -0.39 is 0 Å². The smallest absolute Gasteiger partial charge is 0.265 e. The molecule has 0 saturated carbocycles. The molecule has 4 heteroatoms. The Balaban J connectivity index is 1.69. The number of alkyl halides is 1. The molecule has 2 aromatic rings. The number of aryl methyl sites for hydroxylation is 3. The molecule has 0 atom stereocenters. The summed E-state index contributed by atoms with van der Waals surface area (Å²) in [4.78, 5) is 14.6. The van der Waals surface area contributed by atoms with Gasteiger partial charge in [-0.2, -0.15) is 0 Å². The lowest BCUT2D eigenvalue weighted by atomic mass is 9.99. The zero-order valence-corrected chi connectivity index (χ0v) is 14.2. The van der Waals surface area contributed by atoms with Crippen molar-refractivity contribution < 1.29 is 4.79 Å². The zero-order chi connectivity index (χ0) is 14.7. The van der Waals surface area contributed by atoms with Crippen LogP contribution in [0.25, 0.3) is 0 Å². The molecule has 1 N–H and O–H groups in total.